The van der Waals surface area contributed by atoms with Gasteiger partial charge < -0.3 is 5.73 Å². The van der Waals surface area contributed by atoms with E-state index in [1.807, 2.05) is 24.3 Å². The molecule has 0 aliphatic carbocycles. The SMILES string of the molecule is Nc1ncccc1C(=O)Cc1ccc(Br)cc1. The predicted octanol–water partition coefficient (Wildman–Crippen LogP) is 2.85. The zero-order chi connectivity index (χ0) is 12.3. The van der Waals surface area contributed by atoms with Gasteiger partial charge in [0.15, 0.2) is 5.78 Å². The summed E-state index contributed by atoms with van der Waals surface area (Å²) in [6.07, 6.45) is 1.91. The summed E-state index contributed by atoms with van der Waals surface area (Å²) in [7, 11) is 0. The number of hydrogen-bond acceptors (Lipinski definition) is 3. The summed E-state index contributed by atoms with van der Waals surface area (Å²) in [5.41, 5.74) is 7.10. The van der Waals surface area contributed by atoms with Gasteiger partial charge >= 0.3 is 0 Å². The van der Waals surface area contributed by atoms with Crippen molar-refractivity contribution in [1.82, 2.24) is 4.98 Å². The van der Waals surface area contributed by atoms with Gasteiger partial charge in [-0.3, -0.25) is 4.79 Å². The van der Waals surface area contributed by atoms with Gasteiger partial charge in [-0.25, -0.2) is 4.98 Å². The Morgan fingerprint density at radius 1 is 1.24 bits per heavy atom. The van der Waals surface area contributed by atoms with Crippen LogP contribution in [0.2, 0.25) is 0 Å². The van der Waals surface area contributed by atoms with Crippen LogP contribution in [0.25, 0.3) is 0 Å². The molecule has 17 heavy (non-hydrogen) atoms. The first-order valence-electron chi connectivity index (χ1n) is 5.15. The van der Waals surface area contributed by atoms with Gasteiger partial charge in [0.25, 0.3) is 0 Å². The number of rotatable bonds is 3. The summed E-state index contributed by atoms with van der Waals surface area (Å²) in [4.78, 5) is 15.9. The van der Waals surface area contributed by atoms with E-state index in [2.05, 4.69) is 20.9 Å². The zero-order valence-corrected chi connectivity index (χ0v) is 10.6. The molecule has 2 rings (SSSR count). The third-order valence-corrected chi connectivity index (χ3v) is 2.95. The summed E-state index contributed by atoms with van der Waals surface area (Å²) < 4.78 is 0.995. The zero-order valence-electron chi connectivity index (χ0n) is 9.06. The van der Waals surface area contributed by atoms with Crippen LogP contribution < -0.4 is 5.73 Å². The van der Waals surface area contributed by atoms with Crippen molar-refractivity contribution in [1.29, 1.82) is 0 Å². The smallest absolute Gasteiger partial charge is 0.170 e. The first kappa shape index (κ1) is 11.8. The maximum absolute atomic E-state index is 12.0. The lowest BCUT2D eigenvalue weighted by Gasteiger charge is -2.03. The van der Waals surface area contributed by atoms with Gasteiger partial charge in [-0.05, 0) is 29.8 Å². The number of nitrogen functional groups attached to an aromatic ring is 1. The minimum Gasteiger partial charge on any atom is -0.383 e. The van der Waals surface area contributed by atoms with E-state index in [9.17, 15) is 4.79 Å². The Labute approximate surface area is 108 Å². The Kier molecular flexibility index (Phi) is 3.54. The minimum absolute atomic E-state index is 0.0158. The fraction of sp³-hybridized carbons (Fsp3) is 0.0769. The largest absolute Gasteiger partial charge is 0.383 e. The van der Waals surface area contributed by atoms with Crippen LogP contribution in [0.5, 0.6) is 0 Å². The number of ketones is 1. The molecule has 0 aliphatic heterocycles. The molecule has 0 bridgehead atoms. The van der Waals surface area contributed by atoms with Crippen LogP contribution in [0.1, 0.15) is 15.9 Å². The standard InChI is InChI=1S/C13H11BrN2O/c14-10-5-3-9(4-6-10)8-12(17)11-2-1-7-16-13(11)15/h1-7H,8H2,(H2,15,16). The Balaban J connectivity index is 2.17. The Hall–Kier alpha value is -1.68. The Morgan fingerprint density at radius 2 is 1.94 bits per heavy atom. The number of hydrogen-bond donors (Lipinski definition) is 1. The summed E-state index contributed by atoms with van der Waals surface area (Å²) >= 11 is 3.35. The highest BCUT2D eigenvalue weighted by molar-refractivity contribution is 9.10. The predicted molar refractivity (Wildman–Crippen MR) is 70.8 cm³/mol. The lowest BCUT2D eigenvalue weighted by Crippen LogP contribution is -2.08. The molecule has 0 fully saturated rings. The molecule has 1 aromatic carbocycles. The van der Waals surface area contributed by atoms with Gasteiger partial charge in [-0.1, -0.05) is 28.1 Å². The normalized spacial score (nSPS) is 10.2. The fourth-order valence-corrected chi connectivity index (χ4v) is 1.80. The maximum Gasteiger partial charge on any atom is 0.170 e. The molecule has 0 unspecified atom stereocenters. The quantitative estimate of drug-likeness (QED) is 0.885. The highest BCUT2D eigenvalue weighted by Gasteiger charge is 2.10. The van der Waals surface area contributed by atoms with Gasteiger partial charge in [0.2, 0.25) is 0 Å². The molecule has 0 amide bonds. The molecule has 3 nitrogen and oxygen atoms in total. The molecule has 4 heteroatoms. The van der Waals surface area contributed by atoms with Gasteiger partial charge in [-0.2, -0.15) is 0 Å². The average Bonchev–Trinajstić information content (AvgIpc) is 2.32. The van der Waals surface area contributed by atoms with Crippen LogP contribution in [-0.2, 0) is 6.42 Å². The molecular formula is C13H11BrN2O. The third-order valence-electron chi connectivity index (χ3n) is 2.42. The molecule has 0 saturated carbocycles. The summed E-state index contributed by atoms with van der Waals surface area (Å²) in [5, 5.41) is 0. The number of aromatic nitrogens is 1. The van der Waals surface area contributed by atoms with E-state index in [-0.39, 0.29) is 11.6 Å². The second kappa shape index (κ2) is 5.10. The van der Waals surface area contributed by atoms with E-state index in [1.54, 1.807) is 18.3 Å². The maximum atomic E-state index is 12.0. The Morgan fingerprint density at radius 3 is 2.59 bits per heavy atom. The van der Waals surface area contributed by atoms with E-state index >= 15 is 0 Å². The van der Waals surface area contributed by atoms with Crippen molar-refractivity contribution in [2.24, 2.45) is 0 Å². The van der Waals surface area contributed by atoms with Crippen LogP contribution >= 0.6 is 15.9 Å². The topological polar surface area (TPSA) is 56.0 Å². The van der Waals surface area contributed by atoms with Crippen molar-refractivity contribution in [2.75, 3.05) is 5.73 Å². The molecule has 2 aromatic rings. The number of anilines is 1. The molecule has 0 aliphatic rings. The molecular weight excluding hydrogens is 280 g/mol. The molecule has 86 valence electrons. The van der Waals surface area contributed by atoms with E-state index in [0.717, 1.165) is 10.0 Å². The van der Waals surface area contributed by atoms with Crippen LogP contribution in [0.3, 0.4) is 0 Å². The minimum atomic E-state index is -0.0158. The van der Waals surface area contributed by atoms with Gasteiger partial charge in [-0.15, -0.1) is 0 Å². The molecule has 1 aromatic heterocycles. The van der Waals surface area contributed by atoms with Crippen molar-refractivity contribution in [2.45, 2.75) is 6.42 Å². The van der Waals surface area contributed by atoms with E-state index < -0.39 is 0 Å². The molecule has 0 radical (unpaired) electrons. The molecule has 0 saturated heterocycles. The lowest BCUT2D eigenvalue weighted by molar-refractivity contribution is 0.0993. The van der Waals surface area contributed by atoms with E-state index in [4.69, 9.17) is 5.73 Å². The van der Waals surface area contributed by atoms with Crippen molar-refractivity contribution in [3.05, 3.63) is 58.2 Å². The number of carbonyl (C=O) groups excluding carboxylic acids is 1. The number of nitrogens with two attached hydrogens (primary N) is 1. The molecule has 0 atom stereocenters. The summed E-state index contributed by atoms with van der Waals surface area (Å²) in [6.45, 7) is 0. The summed E-state index contributed by atoms with van der Waals surface area (Å²) in [6, 6.07) is 11.1. The lowest BCUT2D eigenvalue weighted by atomic mass is 10.0. The number of pyridine rings is 1. The number of Topliss-reactive ketones (excluding diaryl/α,β-unsaturated/α-hetero) is 1. The number of nitrogens with zero attached hydrogens (tertiary/aromatic N) is 1. The van der Waals surface area contributed by atoms with Crippen molar-refractivity contribution in [3.63, 3.8) is 0 Å². The fourth-order valence-electron chi connectivity index (χ4n) is 1.54. The van der Waals surface area contributed by atoms with Gasteiger partial charge in [0.05, 0.1) is 5.56 Å². The highest BCUT2D eigenvalue weighted by atomic mass is 79.9. The average molecular weight is 291 g/mol. The first-order valence-corrected chi connectivity index (χ1v) is 5.94. The van der Waals surface area contributed by atoms with E-state index in [1.165, 1.54) is 0 Å². The van der Waals surface area contributed by atoms with Crippen LogP contribution in [-0.4, -0.2) is 10.8 Å². The molecule has 2 N–H and O–H groups in total. The number of carbonyl (C=O) groups is 1. The van der Waals surface area contributed by atoms with Gasteiger partial charge in [0.1, 0.15) is 5.82 Å². The molecule has 0 spiro atoms. The third kappa shape index (κ3) is 2.91. The van der Waals surface area contributed by atoms with E-state index in [0.29, 0.717) is 12.0 Å². The van der Waals surface area contributed by atoms with Crippen LogP contribution in [0.15, 0.2) is 47.1 Å². The second-order valence-corrected chi connectivity index (χ2v) is 4.58. The number of halogens is 1. The number of benzene rings is 1. The van der Waals surface area contributed by atoms with Gasteiger partial charge in [0, 0.05) is 17.1 Å². The van der Waals surface area contributed by atoms with Crippen LogP contribution in [0.4, 0.5) is 5.82 Å². The summed E-state index contributed by atoms with van der Waals surface area (Å²) in [5.74, 6) is 0.271. The van der Waals surface area contributed by atoms with Crippen LogP contribution in [0, 0.1) is 0 Å². The second-order valence-electron chi connectivity index (χ2n) is 3.66. The molecule has 1 heterocycles. The van der Waals surface area contributed by atoms with Crippen molar-refractivity contribution >= 4 is 27.5 Å². The first-order chi connectivity index (χ1) is 8.16. The highest BCUT2D eigenvalue weighted by Crippen LogP contribution is 2.14. The Bertz CT molecular complexity index is 537. The van der Waals surface area contributed by atoms with Crippen molar-refractivity contribution < 1.29 is 4.79 Å². The van der Waals surface area contributed by atoms with Crippen molar-refractivity contribution in [3.8, 4) is 0 Å². The monoisotopic (exact) mass is 290 g/mol.